The van der Waals surface area contributed by atoms with E-state index in [1.165, 1.54) is 6.33 Å². The van der Waals surface area contributed by atoms with Gasteiger partial charge < -0.3 is 10.3 Å². The van der Waals surface area contributed by atoms with E-state index >= 15 is 0 Å². The maximum absolute atomic E-state index is 5.36. The summed E-state index contributed by atoms with van der Waals surface area (Å²) in [5.74, 6) is 0.234. The van der Waals surface area contributed by atoms with Gasteiger partial charge in [-0.15, -0.1) is 0 Å². The molecule has 0 spiro atoms. The smallest absolute Gasteiger partial charge is 0.248 e. The van der Waals surface area contributed by atoms with Gasteiger partial charge in [0.05, 0.1) is 6.20 Å². The van der Waals surface area contributed by atoms with E-state index in [1.807, 2.05) is 0 Å². The van der Waals surface area contributed by atoms with Crippen LogP contribution in [0.4, 0.5) is 5.88 Å². The normalized spacial score (nSPS) is 10.4. The van der Waals surface area contributed by atoms with Crippen LogP contribution in [0.3, 0.4) is 0 Å². The number of fused-ring (bicyclic) bond motifs is 1. The van der Waals surface area contributed by atoms with Crippen LogP contribution < -0.4 is 5.73 Å². The van der Waals surface area contributed by atoms with E-state index in [4.69, 9.17) is 5.73 Å². The summed E-state index contributed by atoms with van der Waals surface area (Å²) in [5.41, 5.74) is 6.50. The lowest BCUT2D eigenvalue weighted by Crippen LogP contribution is -1.83. The monoisotopic (exact) mass is 136 g/mol. The quantitative estimate of drug-likeness (QED) is 0.559. The first-order chi connectivity index (χ1) is 4.88. The molecule has 10 heavy (non-hydrogen) atoms. The highest BCUT2D eigenvalue weighted by Gasteiger charge is 2.03. The summed E-state index contributed by atoms with van der Waals surface area (Å²) in [6, 6.07) is 0. The van der Waals surface area contributed by atoms with E-state index in [-0.39, 0.29) is 5.88 Å². The molecule has 5 heteroatoms. The summed E-state index contributed by atoms with van der Waals surface area (Å²) in [7, 11) is 0. The lowest BCUT2D eigenvalue weighted by molar-refractivity contribution is 0.445. The Bertz CT molecular complexity index is 355. The first kappa shape index (κ1) is 5.16. The number of nitrogen functional groups attached to an aromatic ring is 1. The van der Waals surface area contributed by atoms with Crippen molar-refractivity contribution in [2.75, 3.05) is 5.73 Å². The lowest BCUT2D eigenvalue weighted by atomic mass is 10.5. The molecule has 0 aliphatic rings. The average Bonchev–Trinajstić information content (AvgIpc) is 2.34. The van der Waals surface area contributed by atoms with Gasteiger partial charge in [-0.2, -0.15) is 0 Å². The Morgan fingerprint density at radius 1 is 1.50 bits per heavy atom. The third-order valence-electron chi connectivity index (χ3n) is 1.17. The van der Waals surface area contributed by atoms with Crippen molar-refractivity contribution in [3.63, 3.8) is 0 Å². The number of hydrogen-bond acceptors (Lipinski definition) is 5. The van der Waals surface area contributed by atoms with Crippen LogP contribution in [0.5, 0.6) is 0 Å². The van der Waals surface area contributed by atoms with Gasteiger partial charge in [-0.1, -0.05) is 5.16 Å². The Balaban J connectivity index is 2.93. The van der Waals surface area contributed by atoms with Crippen LogP contribution in [-0.2, 0) is 0 Å². The van der Waals surface area contributed by atoms with Crippen molar-refractivity contribution in [3.05, 3.63) is 12.5 Å². The second-order valence-electron chi connectivity index (χ2n) is 1.80. The Morgan fingerprint density at radius 3 is 3.20 bits per heavy atom. The molecule has 0 saturated carbocycles. The van der Waals surface area contributed by atoms with Crippen molar-refractivity contribution in [1.29, 1.82) is 0 Å². The van der Waals surface area contributed by atoms with Gasteiger partial charge in [-0.05, 0) is 0 Å². The van der Waals surface area contributed by atoms with Gasteiger partial charge in [-0.3, -0.25) is 0 Å². The zero-order valence-electron chi connectivity index (χ0n) is 4.98. The highest BCUT2D eigenvalue weighted by atomic mass is 16.5. The zero-order chi connectivity index (χ0) is 6.97. The molecule has 0 aromatic carbocycles. The summed E-state index contributed by atoms with van der Waals surface area (Å²) in [6.07, 6.45) is 2.94. The van der Waals surface area contributed by atoms with Gasteiger partial charge in [0.25, 0.3) is 0 Å². The van der Waals surface area contributed by atoms with Crippen LogP contribution >= 0.6 is 0 Å². The number of hydrogen-bond donors (Lipinski definition) is 1. The first-order valence-corrected chi connectivity index (χ1v) is 2.69. The molecule has 0 radical (unpaired) electrons. The zero-order valence-corrected chi connectivity index (χ0v) is 4.98. The van der Waals surface area contributed by atoms with Gasteiger partial charge in [0.15, 0.2) is 11.0 Å². The number of anilines is 1. The molecule has 0 fully saturated rings. The summed E-state index contributed by atoms with van der Waals surface area (Å²) in [4.78, 5) is 7.59. The maximum atomic E-state index is 5.36. The molecule has 2 rings (SSSR count). The molecule has 50 valence electrons. The van der Waals surface area contributed by atoms with Crippen LogP contribution in [0, 0.1) is 0 Å². The van der Waals surface area contributed by atoms with Crippen LogP contribution in [0.2, 0.25) is 0 Å². The predicted molar refractivity (Wildman–Crippen MR) is 34.0 cm³/mol. The second-order valence-corrected chi connectivity index (χ2v) is 1.80. The van der Waals surface area contributed by atoms with Crippen LogP contribution in [0.15, 0.2) is 17.0 Å². The molecule has 0 atom stereocenters. The molecule has 2 aromatic heterocycles. The van der Waals surface area contributed by atoms with Crippen molar-refractivity contribution < 1.29 is 4.52 Å². The molecular formula is C5H4N4O. The van der Waals surface area contributed by atoms with E-state index in [2.05, 4.69) is 19.6 Å². The molecule has 0 amide bonds. The van der Waals surface area contributed by atoms with Crippen molar-refractivity contribution in [2.45, 2.75) is 0 Å². The standard InChI is InChI=1S/C5H4N4O/c6-5-4-3(9-10-5)1-7-2-8-4/h1-2H,6H2. The molecule has 0 saturated heterocycles. The third-order valence-corrected chi connectivity index (χ3v) is 1.17. The van der Waals surface area contributed by atoms with Gasteiger partial charge in [0, 0.05) is 0 Å². The number of nitrogens with two attached hydrogens (primary N) is 1. The molecule has 2 heterocycles. The molecule has 0 unspecified atom stereocenters. The molecule has 0 aliphatic heterocycles. The average molecular weight is 136 g/mol. The summed E-state index contributed by atoms with van der Waals surface area (Å²) in [6.45, 7) is 0. The van der Waals surface area contributed by atoms with E-state index in [1.54, 1.807) is 6.20 Å². The van der Waals surface area contributed by atoms with Crippen molar-refractivity contribution in [1.82, 2.24) is 15.1 Å². The lowest BCUT2D eigenvalue weighted by Gasteiger charge is -1.81. The fraction of sp³-hybridized carbons (Fsp3) is 0. The van der Waals surface area contributed by atoms with Gasteiger partial charge in [0.2, 0.25) is 5.88 Å². The number of rotatable bonds is 0. The second kappa shape index (κ2) is 1.66. The topological polar surface area (TPSA) is 77.8 Å². The summed E-state index contributed by atoms with van der Waals surface area (Å²) in [5, 5.41) is 3.59. The first-order valence-electron chi connectivity index (χ1n) is 2.69. The van der Waals surface area contributed by atoms with Crippen LogP contribution in [0.1, 0.15) is 0 Å². The molecule has 2 N–H and O–H groups in total. The van der Waals surface area contributed by atoms with Crippen LogP contribution in [-0.4, -0.2) is 15.1 Å². The molecule has 0 bridgehead atoms. The Hall–Kier alpha value is -1.65. The molecular weight excluding hydrogens is 132 g/mol. The van der Waals surface area contributed by atoms with Gasteiger partial charge >= 0.3 is 0 Å². The van der Waals surface area contributed by atoms with Crippen molar-refractivity contribution in [2.24, 2.45) is 0 Å². The predicted octanol–water partition coefficient (Wildman–Crippen LogP) is 0.200. The largest absolute Gasteiger partial charge is 0.366 e. The summed E-state index contributed by atoms with van der Waals surface area (Å²) >= 11 is 0. The fourth-order valence-electron chi connectivity index (χ4n) is 0.721. The SMILES string of the molecule is Nc1onc2cncnc12. The Labute approximate surface area is 55.9 Å². The third kappa shape index (κ3) is 0.540. The highest BCUT2D eigenvalue weighted by Crippen LogP contribution is 2.14. The van der Waals surface area contributed by atoms with E-state index in [9.17, 15) is 0 Å². The molecule has 5 nitrogen and oxygen atoms in total. The maximum Gasteiger partial charge on any atom is 0.248 e. The van der Waals surface area contributed by atoms with E-state index in [0.717, 1.165) is 0 Å². The number of aromatic nitrogens is 3. The van der Waals surface area contributed by atoms with E-state index < -0.39 is 0 Å². The van der Waals surface area contributed by atoms with Crippen molar-refractivity contribution in [3.8, 4) is 0 Å². The van der Waals surface area contributed by atoms with Crippen LogP contribution in [0.25, 0.3) is 11.0 Å². The summed E-state index contributed by atoms with van der Waals surface area (Å²) < 4.78 is 4.64. The minimum Gasteiger partial charge on any atom is -0.366 e. The Morgan fingerprint density at radius 2 is 2.40 bits per heavy atom. The van der Waals surface area contributed by atoms with Gasteiger partial charge in [-0.25, -0.2) is 9.97 Å². The van der Waals surface area contributed by atoms with E-state index in [0.29, 0.717) is 11.0 Å². The fourth-order valence-corrected chi connectivity index (χ4v) is 0.721. The molecule has 2 aromatic rings. The Kier molecular flexibility index (Phi) is 0.858. The minimum atomic E-state index is 0.234. The van der Waals surface area contributed by atoms with Gasteiger partial charge in [0.1, 0.15) is 6.33 Å². The molecule has 0 aliphatic carbocycles. The highest BCUT2D eigenvalue weighted by molar-refractivity contribution is 5.81. The minimum absolute atomic E-state index is 0.234. The van der Waals surface area contributed by atoms with Crippen molar-refractivity contribution >= 4 is 16.9 Å². The number of nitrogens with zero attached hydrogens (tertiary/aromatic N) is 3.